The zero-order chi connectivity index (χ0) is 30.5. The van der Waals surface area contributed by atoms with Crippen molar-refractivity contribution in [3.05, 3.63) is 29.3 Å². The molecule has 230 valence electrons. The normalized spacial score (nSPS) is 22.1. The minimum Gasteiger partial charge on any atom is -0.416 e. The lowest BCUT2D eigenvalue weighted by atomic mass is 9.71. The molecule has 1 aliphatic carbocycles. The molecule has 8 heteroatoms. The Kier molecular flexibility index (Phi) is 10.0. The van der Waals surface area contributed by atoms with Gasteiger partial charge in [-0.25, -0.2) is 0 Å². The first-order chi connectivity index (χ1) is 18.0. The van der Waals surface area contributed by atoms with Crippen molar-refractivity contribution in [1.82, 2.24) is 0 Å². The predicted molar refractivity (Wildman–Crippen MR) is 184 cm³/mol. The molecular weight excluding hydrogens is 559 g/mol. The van der Waals surface area contributed by atoms with Crippen LogP contribution in [0.5, 0.6) is 0 Å². The number of para-hydroxylation sites is 1. The second-order valence-corrected chi connectivity index (χ2v) is 33.9. The van der Waals surface area contributed by atoms with Gasteiger partial charge >= 0.3 is 8.80 Å². The van der Waals surface area contributed by atoms with Crippen LogP contribution in [0.15, 0.2) is 18.2 Å². The van der Waals surface area contributed by atoms with E-state index >= 15 is 0 Å². The van der Waals surface area contributed by atoms with Crippen LogP contribution >= 0.6 is 0 Å². The molecule has 0 radical (unpaired) electrons. The zero-order valence-electron chi connectivity index (χ0n) is 28.9. The van der Waals surface area contributed by atoms with Crippen molar-refractivity contribution in [3.8, 4) is 0 Å². The van der Waals surface area contributed by atoms with Crippen LogP contribution in [0.25, 0.3) is 0 Å². The van der Waals surface area contributed by atoms with Gasteiger partial charge in [0.05, 0.1) is 0 Å². The topological polar surface area (TPSA) is 30.9 Å². The zero-order valence-corrected chi connectivity index (χ0v) is 32.9. The fourth-order valence-electron chi connectivity index (χ4n) is 7.64. The maximum absolute atomic E-state index is 7.60. The molecule has 1 aliphatic heterocycles. The molecule has 4 nitrogen and oxygen atoms in total. The highest BCUT2D eigenvalue weighted by Crippen LogP contribution is 2.60. The van der Waals surface area contributed by atoms with Gasteiger partial charge in [-0.1, -0.05) is 65.2 Å². The number of nitrogens with zero attached hydrogens (tertiary/aromatic N) is 1. The van der Waals surface area contributed by atoms with Gasteiger partial charge in [-0.05, 0) is 120 Å². The summed E-state index contributed by atoms with van der Waals surface area (Å²) in [6.07, 6.45) is 7.57. The number of anilines is 1. The molecule has 3 rings (SSSR count). The lowest BCUT2D eigenvalue weighted by Crippen LogP contribution is -2.73. The van der Waals surface area contributed by atoms with Gasteiger partial charge in [0.15, 0.2) is 25.0 Å². The summed E-state index contributed by atoms with van der Waals surface area (Å²) in [5, 5.41) is 0. The lowest BCUT2D eigenvalue weighted by molar-refractivity contribution is 0.141. The Hall–Kier alpha value is -0.232. The molecule has 1 aromatic rings. The second-order valence-electron chi connectivity index (χ2n) is 17.0. The highest BCUT2D eigenvalue weighted by atomic mass is 28.5. The number of benzene rings is 1. The molecule has 2 aliphatic rings. The molecule has 1 spiro atoms. The monoisotopic (exact) mass is 621 g/mol. The smallest absolute Gasteiger partial charge is 0.416 e. The van der Waals surface area contributed by atoms with Gasteiger partial charge in [0.2, 0.25) is 0 Å². The molecule has 1 atom stereocenters. The van der Waals surface area contributed by atoms with E-state index in [1.54, 1.807) is 0 Å². The molecule has 0 aromatic heterocycles. The molecule has 1 unspecified atom stereocenters. The quantitative estimate of drug-likeness (QED) is 0.243. The molecule has 0 amide bonds. The maximum Gasteiger partial charge on any atom is 0.493 e. The number of hydrogen-bond donors (Lipinski definition) is 0. The van der Waals surface area contributed by atoms with Crippen LogP contribution < -0.4 is 4.90 Å². The van der Waals surface area contributed by atoms with Crippen molar-refractivity contribution >= 4 is 39.4 Å². The van der Waals surface area contributed by atoms with Crippen molar-refractivity contribution in [1.29, 1.82) is 0 Å². The highest BCUT2D eigenvalue weighted by Gasteiger charge is 2.70. The van der Waals surface area contributed by atoms with Crippen LogP contribution in [0.4, 0.5) is 5.69 Å². The Balaban J connectivity index is 2.51. The van der Waals surface area contributed by atoms with Gasteiger partial charge in [0, 0.05) is 11.2 Å². The summed E-state index contributed by atoms with van der Waals surface area (Å²) in [4.78, 5) is 2.87. The maximum atomic E-state index is 7.60. The summed E-state index contributed by atoms with van der Waals surface area (Å²) < 4.78 is 22.8. The fourth-order valence-corrected chi connectivity index (χ4v) is 22.8. The van der Waals surface area contributed by atoms with Crippen LogP contribution in [0.3, 0.4) is 0 Å². The Morgan fingerprint density at radius 1 is 0.700 bits per heavy atom. The average molecular weight is 622 g/mol. The molecule has 2 fully saturated rings. The van der Waals surface area contributed by atoms with Crippen molar-refractivity contribution in [3.63, 3.8) is 0 Å². The highest BCUT2D eigenvalue weighted by molar-refractivity contribution is 6.91. The van der Waals surface area contributed by atoms with Crippen LogP contribution in [0, 0.1) is 5.41 Å². The van der Waals surface area contributed by atoms with E-state index in [0.29, 0.717) is 11.8 Å². The van der Waals surface area contributed by atoms with E-state index < -0.39 is 33.8 Å². The van der Waals surface area contributed by atoms with Crippen LogP contribution in [-0.2, 0) is 12.3 Å². The minimum atomic E-state index is -3.27. The van der Waals surface area contributed by atoms with Gasteiger partial charge in [-0.15, -0.1) is 0 Å². The van der Waals surface area contributed by atoms with Gasteiger partial charge in [-0.3, -0.25) is 0 Å². The Morgan fingerprint density at radius 2 is 1.10 bits per heavy atom. The molecule has 1 aromatic carbocycles. The van der Waals surface area contributed by atoms with Gasteiger partial charge < -0.3 is 17.2 Å². The van der Waals surface area contributed by atoms with Crippen LogP contribution in [-0.4, -0.2) is 45.0 Å². The molecule has 1 saturated carbocycles. The Morgan fingerprint density at radius 3 is 1.45 bits per heavy atom. The number of hydrogen-bond acceptors (Lipinski definition) is 4. The molecule has 1 heterocycles. The van der Waals surface area contributed by atoms with E-state index in [1.165, 1.54) is 55.3 Å². The summed E-state index contributed by atoms with van der Waals surface area (Å²) in [6, 6.07) is 7.04. The van der Waals surface area contributed by atoms with Crippen LogP contribution in [0.2, 0.25) is 58.9 Å². The third kappa shape index (κ3) is 7.64. The van der Waals surface area contributed by atoms with Crippen LogP contribution in [0.1, 0.15) is 103 Å². The molecule has 0 N–H and O–H groups in total. The van der Waals surface area contributed by atoms with E-state index in [2.05, 4.69) is 124 Å². The molecule has 0 bridgehead atoms. The summed E-state index contributed by atoms with van der Waals surface area (Å²) in [5.74, 6) is 0.857. The van der Waals surface area contributed by atoms with Gasteiger partial charge in [0.25, 0.3) is 0 Å². The standard InChI is InChI=1S/C32H63NO3Si4/c1-25(2)27-20-19-21-28(26(3)4)29(27)33-30(32(24-31(33,5)6)22-17-16-18-23-32)40(34-37(7,8)9,35-38(10,11)12)36-39(13,14)15/h19-21,25-26,30H,16-18,22-24H2,1-15H3. The van der Waals surface area contributed by atoms with E-state index in [-0.39, 0.29) is 16.6 Å². The SMILES string of the molecule is CC(C)c1cccc(C(C)C)c1N1C([Si](O[Si](C)(C)C)(O[Si](C)(C)C)O[Si](C)(C)C)C2(CCCCC2)CC1(C)C. The third-order valence-corrected chi connectivity index (χ3v) is 20.7. The summed E-state index contributed by atoms with van der Waals surface area (Å²) in [6.45, 7) is 35.5. The predicted octanol–water partition coefficient (Wildman–Crippen LogP) is 10.3. The van der Waals surface area contributed by atoms with E-state index in [9.17, 15) is 0 Å². The van der Waals surface area contributed by atoms with E-state index in [1.807, 2.05) is 0 Å². The largest absolute Gasteiger partial charge is 0.493 e. The Labute approximate surface area is 252 Å². The van der Waals surface area contributed by atoms with E-state index in [4.69, 9.17) is 12.3 Å². The summed E-state index contributed by atoms with van der Waals surface area (Å²) in [5.41, 5.74) is 4.56. The fraction of sp³-hybridized carbons (Fsp3) is 0.812. The second kappa shape index (κ2) is 11.7. The first kappa shape index (κ1) is 34.3. The molecule has 40 heavy (non-hydrogen) atoms. The first-order valence-electron chi connectivity index (χ1n) is 16.1. The minimum absolute atomic E-state index is 0.0384. The van der Waals surface area contributed by atoms with Crippen molar-refractivity contribution in [2.75, 3.05) is 4.90 Å². The van der Waals surface area contributed by atoms with Crippen molar-refractivity contribution in [2.24, 2.45) is 5.41 Å². The van der Waals surface area contributed by atoms with Gasteiger partial charge in [-0.2, -0.15) is 0 Å². The third-order valence-electron chi connectivity index (χ3n) is 8.39. The van der Waals surface area contributed by atoms with E-state index in [0.717, 1.165) is 0 Å². The lowest BCUT2D eigenvalue weighted by Gasteiger charge is -2.54. The number of rotatable bonds is 10. The van der Waals surface area contributed by atoms with Gasteiger partial charge in [0.1, 0.15) is 5.67 Å². The first-order valence-corrected chi connectivity index (χ1v) is 28.1. The molecular formula is C32H63NO3Si4. The Bertz CT molecular complexity index is 947. The summed E-state index contributed by atoms with van der Waals surface area (Å²) >= 11 is 0. The average Bonchev–Trinajstić information content (AvgIpc) is 2.95. The van der Waals surface area contributed by atoms with Crippen molar-refractivity contribution < 1.29 is 12.3 Å². The summed E-state index contributed by atoms with van der Waals surface area (Å²) in [7, 11) is -9.44. The van der Waals surface area contributed by atoms with Crippen molar-refractivity contribution in [2.45, 2.75) is 162 Å². The molecule has 1 saturated heterocycles.